The van der Waals surface area contributed by atoms with Crippen LogP contribution in [0.2, 0.25) is 0 Å². The van der Waals surface area contributed by atoms with E-state index in [9.17, 15) is 9.59 Å². The van der Waals surface area contributed by atoms with Crippen molar-refractivity contribution in [3.05, 3.63) is 96.3 Å². The van der Waals surface area contributed by atoms with Crippen LogP contribution >= 0.6 is 0 Å². The number of hydrogen-bond donors (Lipinski definition) is 1. The molecule has 0 fully saturated rings. The van der Waals surface area contributed by atoms with Crippen molar-refractivity contribution in [3.8, 4) is 5.69 Å². The van der Waals surface area contributed by atoms with Crippen LogP contribution in [0.4, 0.5) is 5.69 Å². The number of benzene rings is 2. The second kappa shape index (κ2) is 7.32. The molecule has 0 spiro atoms. The van der Waals surface area contributed by atoms with Crippen LogP contribution < -0.4 is 5.32 Å². The first-order valence-corrected chi connectivity index (χ1v) is 8.65. The molecule has 0 saturated heterocycles. The summed E-state index contributed by atoms with van der Waals surface area (Å²) >= 11 is 0. The van der Waals surface area contributed by atoms with E-state index in [1.165, 1.54) is 0 Å². The minimum atomic E-state index is -0.227. The lowest BCUT2D eigenvalue weighted by Crippen LogP contribution is -2.12. The highest BCUT2D eigenvalue weighted by Crippen LogP contribution is 2.15. The molecule has 0 aliphatic heterocycles. The number of anilines is 1. The molecule has 1 amide bonds. The molecule has 0 saturated carbocycles. The van der Waals surface area contributed by atoms with Crippen LogP contribution in [-0.4, -0.2) is 31.0 Å². The van der Waals surface area contributed by atoms with Crippen molar-refractivity contribution in [3.63, 3.8) is 0 Å². The van der Waals surface area contributed by atoms with Gasteiger partial charge in [0.25, 0.3) is 5.91 Å². The van der Waals surface area contributed by atoms with Gasteiger partial charge in [-0.05, 0) is 54.6 Å². The molecule has 2 aromatic heterocycles. The molecule has 1 N–H and O–H groups in total. The van der Waals surface area contributed by atoms with Crippen molar-refractivity contribution in [2.24, 2.45) is 7.05 Å². The first-order chi connectivity index (χ1) is 13.6. The molecule has 28 heavy (non-hydrogen) atoms. The van der Waals surface area contributed by atoms with E-state index >= 15 is 0 Å². The zero-order valence-corrected chi connectivity index (χ0v) is 15.1. The Morgan fingerprint density at radius 3 is 2.21 bits per heavy atom. The Bertz CT molecular complexity index is 1110. The van der Waals surface area contributed by atoms with E-state index in [1.807, 2.05) is 24.4 Å². The summed E-state index contributed by atoms with van der Waals surface area (Å²) in [6.45, 7) is 0. The number of carbonyl (C=O) groups is 2. The molecule has 0 atom stereocenters. The summed E-state index contributed by atoms with van der Waals surface area (Å²) in [4.78, 5) is 28.9. The number of amides is 1. The monoisotopic (exact) mass is 371 g/mol. The number of nitrogens with zero attached hydrogens (tertiary/aromatic N) is 4. The summed E-state index contributed by atoms with van der Waals surface area (Å²) in [6, 6.07) is 15.7. The highest BCUT2D eigenvalue weighted by molar-refractivity contribution is 6.07. The Morgan fingerprint density at radius 2 is 1.61 bits per heavy atom. The first kappa shape index (κ1) is 17.4. The second-order valence-electron chi connectivity index (χ2n) is 6.22. The lowest BCUT2D eigenvalue weighted by Gasteiger charge is -2.07. The van der Waals surface area contributed by atoms with Crippen LogP contribution in [0.1, 0.15) is 26.5 Å². The SMILES string of the molecule is Cn1ccnc1C(=O)c1ccc(NC(=O)c2ccc(-n3cccn3)cc2)cc1. The number of nitrogens with one attached hydrogen (secondary N) is 1. The molecule has 7 nitrogen and oxygen atoms in total. The Kier molecular flexibility index (Phi) is 4.55. The van der Waals surface area contributed by atoms with Gasteiger partial charge in [0.2, 0.25) is 5.78 Å². The first-order valence-electron chi connectivity index (χ1n) is 8.65. The van der Waals surface area contributed by atoms with E-state index in [4.69, 9.17) is 0 Å². The van der Waals surface area contributed by atoms with Crippen LogP contribution in [0.5, 0.6) is 0 Å². The molecule has 138 valence electrons. The topological polar surface area (TPSA) is 81.8 Å². The molecular weight excluding hydrogens is 354 g/mol. The van der Waals surface area contributed by atoms with Crippen LogP contribution in [0, 0.1) is 0 Å². The highest BCUT2D eigenvalue weighted by atomic mass is 16.1. The third-order valence-corrected chi connectivity index (χ3v) is 4.33. The summed E-state index contributed by atoms with van der Waals surface area (Å²) in [5.41, 5.74) is 2.52. The van der Waals surface area contributed by atoms with Crippen molar-refractivity contribution in [2.45, 2.75) is 0 Å². The number of ketones is 1. The maximum Gasteiger partial charge on any atom is 0.255 e. The third-order valence-electron chi connectivity index (χ3n) is 4.33. The second-order valence-corrected chi connectivity index (χ2v) is 6.22. The Hall–Kier alpha value is -4.00. The third kappa shape index (κ3) is 3.45. The van der Waals surface area contributed by atoms with Gasteiger partial charge in [-0.3, -0.25) is 9.59 Å². The van der Waals surface area contributed by atoms with Gasteiger partial charge in [0, 0.05) is 48.6 Å². The van der Waals surface area contributed by atoms with E-state index in [2.05, 4.69) is 15.4 Å². The maximum atomic E-state index is 12.4. The maximum absolute atomic E-state index is 12.4. The van der Waals surface area contributed by atoms with Crippen molar-refractivity contribution in [1.82, 2.24) is 19.3 Å². The molecule has 0 unspecified atom stereocenters. The standard InChI is InChI=1S/C21H17N5O2/c1-25-14-12-22-20(25)19(27)15-3-7-17(8-4-15)24-21(28)16-5-9-18(10-6-16)26-13-2-11-23-26/h2-14H,1H3,(H,24,28). The Morgan fingerprint density at radius 1 is 0.893 bits per heavy atom. The van der Waals surface area contributed by atoms with Crippen molar-refractivity contribution in [1.29, 1.82) is 0 Å². The summed E-state index contributed by atoms with van der Waals surface area (Å²) in [7, 11) is 1.77. The van der Waals surface area contributed by atoms with Crippen molar-refractivity contribution in [2.75, 3.05) is 5.32 Å². The van der Waals surface area contributed by atoms with Gasteiger partial charge in [-0.25, -0.2) is 9.67 Å². The van der Waals surface area contributed by atoms with Crippen LogP contribution in [0.25, 0.3) is 5.69 Å². The fourth-order valence-electron chi connectivity index (χ4n) is 2.81. The van der Waals surface area contributed by atoms with E-state index in [0.29, 0.717) is 22.6 Å². The summed E-state index contributed by atoms with van der Waals surface area (Å²) in [5.74, 6) is -0.0242. The van der Waals surface area contributed by atoms with E-state index < -0.39 is 0 Å². The quantitative estimate of drug-likeness (QED) is 0.547. The van der Waals surface area contributed by atoms with Gasteiger partial charge in [-0.15, -0.1) is 0 Å². The summed E-state index contributed by atoms with van der Waals surface area (Å²) in [5, 5.41) is 6.99. The van der Waals surface area contributed by atoms with Gasteiger partial charge in [0.05, 0.1) is 5.69 Å². The van der Waals surface area contributed by atoms with Crippen LogP contribution in [0.15, 0.2) is 79.4 Å². The van der Waals surface area contributed by atoms with E-state index in [0.717, 1.165) is 5.69 Å². The number of aromatic nitrogens is 4. The molecule has 7 heteroatoms. The van der Waals surface area contributed by atoms with Gasteiger partial charge in [0.15, 0.2) is 5.82 Å². The molecule has 0 bridgehead atoms. The van der Waals surface area contributed by atoms with Gasteiger partial charge < -0.3 is 9.88 Å². The number of aryl methyl sites for hydroxylation is 1. The van der Waals surface area contributed by atoms with Gasteiger partial charge in [-0.1, -0.05) is 0 Å². The van der Waals surface area contributed by atoms with Crippen molar-refractivity contribution < 1.29 is 9.59 Å². The van der Waals surface area contributed by atoms with Gasteiger partial charge in [-0.2, -0.15) is 5.10 Å². The zero-order chi connectivity index (χ0) is 19.5. The number of carbonyl (C=O) groups excluding carboxylic acids is 2. The average Bonchev–Trinajstić information content (AvgIpc) is 3.40. The molecule has 4 rings (SSSR count). The predicted molar refractivity (Wildman–Crippen MR) is 105 cm³/mol. The minimum Gasteiger partial charge on any atom is -0.331 e. The summed E-state index contributed by atoms with van der Waals surface area (Å²) in [6.07, 6.45) is 6.84. The molecule has 2 heterocycles. The lowest BCUT2D eigenvalue weighted by molar-refractivity contribution is 0.102. The Balaban J connectivity index is 1.45. The molecule has 4 aromatic rings. The molecule has 2 aromatic carbocycles. The van der Waals surface area contributed by atoms with Gasteiger partial charge >= 0.3 is 0 Å². The summed E-state index contributed by atoms with van der Waals surface area (Å²) < 4.78 is 3.39. The molecule has 0 aliphatic carbocycles. The minimum absolute atomic E-state index is 0.167. The van der Waals surface area contributed by atoms with Gasteiger partial charge in [0.1, 0.15) is 0 Å². The Labute approximate surface area is 161 Å². The van der Waals surface area contributed by atoms with E-state index in [-0.39, 0.29) is 11.7 Å². The largest absolute Gasteiger partial charge is 0.331 e. The number of hydrogen-bond acceptors (Lipinski definition) is 4. The van der Waals surface area contributed by atoms with Crippen LogP contribution in [-0.2, 0) is 7.05 Å². The average molecular weight is 371 g/mol. The van der Waals surface area contributed by atoms with Crippen LogP contribution in [0.3, 0.4) is 0 Å². The number of imidazole rings is 1. The van der Waals surface area contributed by atoms with E-state index in [1.54, 1.807) is 71.3 Å². The number of rotatable bonds is 5. The molecular formula is C21H17N5O2. The fraction of sp³-hybridized carbons (Fsp3) is 0.0476. The molecule has 0 aliphatic rings. The van der Waals surface area contributed by atoms with Crippen molar-refractivity contribution >= 4 is 17.4 Å². The molecule has 0 radical (unpaired) electrons. The lowest BCUT2D eigenvalue weighted by atomic mass is 10.1. The fourth-order valence-corrected chi connectivity index (χ4v) is 2.81. The normalized spacial score (nSPS) is 10.6. The highest BCUT2D eigenvalue weighted by Gasteiger charge is 2.14. The smallest absolute Gasteiger partial charge is 0.255 e. The predicted octanol–water partition coefficient (Wildman–Crippen LogP) is 3.09. The zero-order valence-electron chi connectivity index (χ0n) is 15.1.